The van der Waals surface area contributed by atoms with Crippen molar-refractivity contribution >= 4 is 0 Å². The van der Waals surface area contributed by atoms with Gasteiger partial charge in [-0.3, -0.25) is 4.90 Å². The van der Waals surface area contributed by atoms with Crippen LogP contribution in [-0.4, -0.2) is 18.5 Å². The number of nitrogens with zero attached hydrogens (tertiary/aromatic N) is 1. The summed E-state index contributed by atoms with van der Waals surface area (Å²) >= 11 is 0. The Kier molecular flexibility index (Phi) is 3.92. The summed E-state index contributed by atoms with van der Waals surface area (Å²) in [6.07, 6.45) is 0. The predicted octanol–water partition coefficient (Wildman–Crippen LogP) is 3.51. The average molecular weight is 205 g/mol. The van der Waals surface area contributed by atoms with Gasteiger partial charge in [-0.1, -0.05) is 44.2 Å². The minimum Gasteiger partial charge on any atom is -0.297 e. The second-order valence-corrected chi connectivity index (χ2v) is 5.20. The standard InChI is InChI=1S/C14H23N/c1-12(2)11-15(5)14(3,4)13-9-7-6-8-10-13/h6-10,12H,11H2,1-5H3. The molecule has 0 amide bonds. The van der Waals surface area contributed by atoms with Crippen molar-refractivity contribution in [2.24, 2.45) is 5.92 Å². The molecule has 1 aromatic carbocycles. The fourth-order valence-electron chi connectivity index (χ4n) is 1.84. The van der Waals surface area contributed by atoms with Gasteiger partial charge in [-0.15, -0.1) is 0 Å². The van der Waals surface area contributed by atoms with E-state index >= 15 is 0 Å². The first kappa shape index (κ1) is 12.3. The molecule has 15 heavy (non-hydrogen) atoms. The Hall–Kier alpha value is -0.820. The molecular weight excluding hydrogens is 182 g/mol. The Morgan fingerprint density at radius 2 is 1.67 bits per heavy atom. The molecule has 0 aliphatic carbocycles. The van der Waals surface area contributed by atoms with Crippen molar-refractivity contribution in [3.05, 3.63) is 35.9 Å². The molecule has 0 saturated carbocycles. The maximum atomic E-state index is 2.42. The van der Waals surface area contributed by atoms with Crippen LogP contribution in [0.5, 0.6) is 0 Å². The van der Waals surface area contributed by atoms with Gasteiger partial charge < -0.3 is 0 Å². The van der Waals surface area contributed by atoms with E-state index in [0.29, 0.717) is 5.92 Å². The summed E-state index contributed by atoms with van der Waals surface area (Å²) in [5.41, 5.74) is 1.50. The number of benzene rings is 1. The molecule has 0 saturated heterocycles. The molecule has 0 bridgehead atoms. The normalized spacial score (nSPS) is 12.5. The Balaban J connectivity index is 2.82. The Morgan fingerprint density at radius 1 is 1.13 bits per heavy atom. The van der Waals surface area contributed by atoms with Crippen LogP contribution >= 0.6 is 0 Å². The van der Waals surface area contributed by atoms with Crippen LogP contribution in [0.3, 0.4) is 0 Å². The van der Waals surface area contributed by atoms with Crippen molar-refractivity contribution < 1.29 is 0 Å². The zero-order valence-electron chi connectivity index (χ0n) is 10.6. The first-order valence-corrected chi connectivity index (χ1v) is 5.71. The molecular formula is C14H23N. The van der Waals surface area contributed by atoms with Gasteiger partial charge in [0, 0.05) is 12.1 Å². The first-order chi connectivity index (χ1) is 6.94. The van der Waals surface area contributed by atoms with Crippen LogP contribution in [0.2, 0.25) is 0 Å². The van der Waals surface area contributed by atoms with E-state index in [1.807, 2.05) is 0 Å². The summed E-state index contributed by atoms with van der Waals surface area (Å²) in [5.74, 6) is 0.706. The fourth-order valence-corrected chi connectivity index (χ4v) is 1.84. The molecule has 1 heteroatoms. The van der Waals surface area contributed by atoms with Crippen molar-refractivity contribution in [2.75, 3.05) is 13.6 Å². The van der Waals surface area contributed by atoms with Crippen LogP contribution in [0.25, 0.3) is 0 Å². The van der Waals surface area contributed by atoms with E-state index in [1.165, 1.54) is 5.56 Å². The van der Waals surface area contributed by atoms with Gasteiger partial charge in [0.2, 0.25) is 0 Å². The molecule has 0 aromatic heterocycles. The van der Waals surface area contributed by atoms with Gasteiger partial charge in [-0.2, -0.15) is 0 Å². The minimum absolute atomic E-state index is 0.117. The van der Waals surface area contributed by atoms with Gasteiger partial charge in [-0.25, -0.2) is 0 Å². The maximum Gasteiger partial charge on any atom is 0.0401 e. The van der Waals surface area contributed by atoms with Crippen LogP contribution in [0.15, 0.2) is 30.3 Å². The van der Waals surface area contributed by atoms with Crippen LogP contribution in [0.1, 0.15) is 33.3 Å². The second kappa shape index (κ2) is 4.80. The van der Waals surface area contributed by atoms with E-state index in [2.05, 4.69) is 70.0 Å². The fraction of sp³-hybridized carbons (Fsp3) is 0.571. The molecule has 0 fully saturated rings. The van der Waals surface area contributed by atoms with Crippen molar-refractivity contribution in [3.8, 4) is 0 Å². The third-order valence-electron chi connectivity index (χ3n) is 3.07. The quantitative estimate of drug-likeness (QED) is 0.727. The molecule has 0 heterocycles. The molecule has 0 unspecified atom stereocenters. The summed E-state index contributed by atoms with van der Waals surface area (Å²) in [6.45, 7) is 10.2. The molecule has 0 atom stereocenters. The SMILES string of the molecule is CC(C)CN(C)C(C)(C)c1ccccc1. The van der Waals surface area contributed by atoms with Gasteiger partial charge >= 0.3 is 0 Å². The molecule has 0 radical (unpaired) electrons. The summed E-state index contributed by atoms with van der Waals surface area (Å²) in [6, 6.07) is 10.7. The van der Waals surface area contributed by atoms with Crippen LogP contribution in [0, 0.1) is 5.92 Å². The molecule has 0 N–H and O–H groups in total. The van der Waals surface area contributed by atoms with E-state index < -0.39 is 0 Å². The smallest absolute Gasteiger partial charge is 0.0401 e. The Labute approximate surface area is 94.1 Å². The summed E-state index contributed by atoms with van der Waals surface area (Å²) in [7, 11) is 2.20. The topological polar surface area (TPSA) is 3.24 Å². The lowest BCUT2D eigenvalue weighted by atomic mass is 9.92. The molecule has 1 rings (SSSR count). The van der Waals surface area contributed by atoms with Gasteiger partial charge in [0.1, 0.15) is 0 Å². The van der Waals surface area contributed by atoms with Crippen LogP contribution < -0.4 is 0 Å². The van der Waals surface area contributed by atoms with Crippen molar-refractivity contribution in [1.82, 2.24) is 4.90 Å². The molecule has 84 valence electrons. The summed E-state index contributed by atoms with van der Waals surface area (Å²) in [4.78, 5) is 2.42. The van der Waals surface area contributed by atoms with E-state index in [4.69, 9.17) is 0 Å². The Bertz CT molecular complexity index is 287. The number of rotatable bonds is 4. The predicted molar refractivity (Wildman–Crippen MR) is 66.9 cm³/mol. The molecule has 0 spiro atoms. The average Bonchev–Trinajstić information content (AvgIpc) is 2.18. The highest BCUT2D eigenvalue weighted by atomic mass is 15.2. The third-order valence-corrected chi connectivity index (χ3v) is 3.07. The lowest BCUT2D eigenvalue weighted by Crippen LogP contribution is -2.40. The highest BCUT2D eigenvalue weighted by Crippen LogP contribution is 2.26. The Morgan fingerprint density at radius 3 is 2.13 bits per heavy atom. The van der Waals surface area contributed by atoms with Crippen molar-refractivity contribution in [3.63, 3.8) is 0 Å². The molecule has 0 aliphatic heterocycles. The third kappa shape index (κ3) is 3.07. The summed E-state index contributed by atoms with van der Waals surface area (Å²) in [5, 5.41) is 0. The lowest BCUT2D eigenvalue weighted by molar-refractivity contribution is 0.139. The van der Waals surface area contributed by atoms with Gasteiger partial charge in [0.25, 0.3) is 0 Å². The second-order valence-electron chi connectivity index (χ2n) is 5.20. The largest absolute Gasteiger partial charge is 0.297 e. The summed E-state index contributed by atoms with van der Waals surface area (Å²) < 4.78 is 0. The minimum atomic E-state index is 0.117. The van der Waals surface area contributed by atoms with E-state index in [-0.39, 0.29) is 5.54 Å². The van der Waals surface area contributed by atoms with Gasteiger partial charge in [0.05, 0.1) is 0 Å². The number of hydrogen-bond acceptors (Lipinski definition) is 1. The molecule has 1 nitrogen and oxygen atoms in total. The van der Waals surface area contributed by atoms with Crippen LogP contribution in [0.4, 0.5) is 0 Å². The maximum absolute atomic E-state index is 2.42. The van der Waals surface area contributed by atoms with Crippen LogP contribution in [-0.2, 0) is 5.54 Å². The molecule has 0 aliphatic rings. The highest BCUT2D eigenvalue weighted by Gasteiger charge is 2.25. The van der Waals surface area contributed by atoms with Gasteiger partial charge in [0.15, 0.2) is 0 Å². The number of hydrogen-bond donors (Lipinski definition) is 0. The molecule has 1 aromatic rings. The zero-order valence-corrected chi connectivity index (χ0v) is 10.6. The monoisotopic (exact) mass is 205 g/mol. The van der Waals surface area contributed by atoms with E-state index in [0.717, 1.165) is 6.54 Å². The first-order valence-electron chi connectivity index (χ1n) is 5.71. The van der Waals surface area contributed by atoms with E-state index in [9.17, 15) is 0 Å². The van der Waals surface area contributed by atoms with E-state index in [1.54, 1.807) is 0 Å². The van der Waals surface area contributed by atoms with Crippen molar-refractivity contribution in [1.29, 1.82) is 0 Å². The zero-order chi connectivity index (χ0) is 11.5. The van der Waals surface area contributed by atoms with Crippen molar-refractivity contribution in [2.45, 2.75) is 33.2 Å². The lowest BCUT2D eigenvalue weighted by Gasteiger charge is -2.37. The van der Waals surface area contributed by atoms with Gasteiger partial charge in [-0.05, 0) is 32.4 Å². The highest BCUT2D eigenvalue weighted by molar-refractivity contribution is 5.22.